The molecule has 0 aliphatic heterocycles. The van der Waals surface area contributed by atoms with Gasteiger partial charge in [-0.1, -0.05) is 78.1 Å². The third-order valence-corrected chi connectivity index (χ3v) is 7.08. The molecule has 0 aliphatic rings. The van der Waals surface area contributed by atoms with Crippen molar-refractivity contribution in [3.63, 3.8) is 0 Å². The highest BCUT2D eigenvalue weighted by molar-refractivity contribution is 5.40. The lowest BCUT2D eigenvalue weighted by Crippen LogP contribution is -2.32. The van der Waals surface area contributed by atoms with Crippen molar-refractivity contribution in [2.75, 3.05) is 23.7 Å². The molecule has 4 nitrogen and oxygen atoms in total. The predicted octanol–water partition coefficient (Wildman–Crippen LogP) is 8.07. The summed E-state index contributed by atoms with van der Waals surface area (Å²) in [7, 11) is 0. The van der Waals surface area contributed by atoms with E-state index in [1.54, 1.807) is 0 Å². The smallest absolute Gasteiger partial charge is 0.170 e. The fourth-order valence-corrected chi connectivity index (χ4v) is 4.67. The zero-order valence-corrected chi connectivity index (χ0v) is 23.7. The maximum atomic E-state index is 3.56. The summed E-state index contributed by atoms with van der Waals surface area (Å²) in [5.41, 5.74) is 2.51. The highest BCUT2D eigenvalue weighted by Crippen LogP contribution is 2.09. The molecule has 2 aromatic rings. The Labute approximate surface area is 222 Å². The second kappa shape index (κ2) is 21.0. The number of unbranched alkanes of at least 4 members (excludes halogenated alkanes) is 13. The predicted molar refractivity (Wildman–Crippen MR) is 155 cm³/mol. The van der Waals surface area contributed by atoms with Crippen LogP contribution in [0.15, 0.2) is 49.1 Å². The van der Waals surface area contributed by atoms with Crippen LogP contribution < -0.4 is 19.8 Å². The van der Waals surface area contributed by atoms with Crippen LogP contribution in [0.2, 0.25) is 0 Å². The largest absolute Gasteiger partial charge is 0.385 e. The molecule has 0 fully saturated rings. The molecule has 2 rings (SSSR count). The molecular formula is C32H56N4+2. The van der Waals surface area contributed by atoms with Gasteiger partial charge in [0.1, 0.15) is 13.1 Å². The zero-order valence-electron chi connectivity index (χ0n) is 23.7. The minimum Gasteiger partial charge on any atom is -0.385 e. The van der Waals surface area contributed by atoms with E-state index in [0.29, 0.717) is 0 Å². The van der Waals surface area contributed by atoms with Crippen molar-refractivity contribution < 1.29 is 9.13 Å². The molecule has 4 heteroatoms. The van der Waals surface area contributed by atoms with Crippen LogP contribution in [0.25, 0.3) is 0 Å². The van der Waals surface area contributed by atoms with Gasteiger partial charge in [0.05, 0.1) is 0 Å². The van der Waals surface area contributed by atoms with Crippen LogP contribution in [-0.4, -0.2) is 13.1 Å². The number of anilines is 2. The summed E-state index contributed by atoms with van der Waals surface area (Å²) < 4.78 is 4.65. The lowest BCUT2D eigenvalue weighted by molar-refractivity contribution is -0.697. The van der Waals surface area contributed by atoms with Crippen molar-refractivity contribution in [2.24, 2.45) is 0 Å². The molecule has 0 saturated heterocycles. The van der Waals surface area contributed by atoms with Crippen LogP contribution in [0.5, 0.6) is 0 Å². The maximum absolute atomic E-state index is 3.56. The zero-order chi connectivity index (χ0) is 25.5. The van der Waals surface area contributed by atoms with Crippen LogP contribution in [0.3, 0.4) is 0 Å². The Morgan fingerprint density at radius 2 is 0.778 bits per heavy atom. The van der Waals surface area contributed by atoms with E-state index in [9.17, 15) is 0 Å². The first-order valence-corrected chi connectivity index (χ1v) is 15.3. The Morgan fingerprint density at radius 1 is 0.444 bits per heavy atom. The Bertz CT molecular complexity index is 676. The first kappa shape index (κ1) is 30.1. The van der Waals surface area contributed by atoms with E-state index < -0.39 is 0 Å². The number of nitrogens with zero attached hydrogens (tertiary/aromatic N) is 2. The first-order valence-electron chi connectivity index (χ1n) is 15.3. The molecule has 2 heterocycles. The third-order valence-electron chi connectivity index (χ3n) is 7.08. The molecule has 0 radical (unpaired) electrons. The summed E-state index contributed by atoms with van der Waals surface area (Å²) in [6.45, 7) is 8.99. The van der Waals surface area contributed by atoms with Gasteiger partial charge >= 0.3 is 0 Å². The van der Waals surface area contributed by atoms with Gasteiger partial charge < -0.3 is 10.6 Å². The number of aryl methyl sites for hydroxylation is 2. The van der Waals surface area contributed by atoms with Crippen molar-refractivity contribution in [2.45, 2.75) is 130 Å². The Hall–Kier alpha value is -2.10. The van der Waals surface area contributed by atoms with Crippen LogP contribution in [-0.2, 0) is 13.1 Å². The van der Waals surface area contributed by atoms with Crippen molar-refractivity contribution in [1.29, 1.82) is 0 Å². The average Bonchev–Trinajstić information content (AvgIpc) is 2.91. The van der Waals surface area contributed by atoms with Gasteiger partial charge in [-0.25, -0.2) is 9.13 Å². The highest BCUT2D eigenvalue weighted by Gasteiger charge is 2.03. The number of hydrogen-bond donors (Lipinski definition) is 2. The molecule has 0 amide bonds. The van der Waals surface area contributed by atoms with Gasteiger partial charge in [-0.3, -0.25) is 0 Å². The summed E-state index contributed by atoms with van der Waals surface area (Å²) in [5, 5.41) is 7.11. The second-order valence-corrected chi connectivity index (χ2v) is 10.5. The minimum absolute atomic E-state index is 1.09. The van der Waals surface area contributed by atoms with E-state index in [0.717, 1.165) is 26.2 Å². The third kappa shape index (κ3) is 15.1. The number of rotatable bonds is 23. The summed E-state index contributed by atoms with van der Waals surface area (Å²) in [6, 6.07) is 8.89. The monoisotopic (exact) mass is 496 g/mol. The van der Waals surface area contributed by atoms with Gasteiger partial charge in [-0.05, 0) is 25.7 Å². The normalized spacial score (nSPS) is 11.1. The minimum atomic E-state index is 1.09. The topological polar surface area (TPSA) is 31.8 Å². The maximum Gasteiger partial charge on any atom is 0.170 e. The van der Waals surface area contributed by atoms with Crippen molar-refractivity contribution >= 4 is 11.4 Å². The van der Waals surface area contributed by atoms with Crippen molar-refractivity contribution in [3.05, 3.63) is 49.1 Å². The summed E-state index contributed by atoms with van der Waals surface area (Å²) in [4.78, 5) is 0. The molecular weight excluding hydrogens is 440 g/mol. The van der Waals surface area contributed by atoms with E-state index in [-0.39, 0.29) is 0 Å². The van der Waals surface area contributed by atoms with Crippen molar-refractivity contribution in [3.8, 4) is 0 Å². The van der Waals surface area contributed by atoms with Gasteiger partial charge in [-0.2, -0.15) is 0 Å². The Morgan fingerprint density at radius 3 is 1.17 bits per heavy atom. The summed E-state index contributed by atoms with van der Waals surface area (Å²) >= 11 is 0. The molecule has 0 saturated carbocycles. The lowest BCUT2D eigenvalue weighted by atomic mass is 10.1. The van der Waals surface area contributed by atoms with Crippen LogP contribution in [0.1, 0.15) is 117 Å². The molecule has 0 bridgehead atoms. The second-order valence-electron chi connectivity index (χ2n) is 10.5. The van der Waals surface area contributed by atoms with Gasteiger partial charge in [0, 0.05) is 61.6 Å². The average molecular weight is 497 g/mol. The van der Waals surface area contributed by atoms with Gasteiger partial charge in [-0.15, -0.1) is 0 Å². The molecule has 2 N–H and O–H groups in total. The quantitative estimate of drug-likeness (QED) is 0.120. The first-order chi connectivity index (χ1) is 17.8. The Balaban J connectivity index is 1.43. The number of nitrogens with one attached hydrogen (secondary N) is 2. The molecule has 0 unspecified atom stereocenters. The van der Waals surface area contributed by atoms with Gasteiger partial charge in [0.2, 0.25) is 0 Å². The van der Waals surface area contributed by atoms with Crippen LogP contribution >= 0.6 is 0 Å². The number of hydrogen-bond acceptors (Lipinski definition) is 2. The molecule has 202 valence electrons. The number of pyridine rings is 2. The SMILES string of the molecule is CCCCCCCNc1cc[n+](CCCCCCCC[n+]2ccc(NCCCCCCC)cc2)cc1. The molecule has 0 atom stereocenters. The van der Waals surface area contributed by atoms with E-state index in [1.807, 2.05) is 0 Å². The molecule has 0 aromatic carbocycles. The standard InChI is InChI=1S/C32H54N4/c1-3-5-7-11-15-23-33-31-19-27-35(28-20-31)25-17-13-9-10-14-18-26-36-29-21-32(22-30-36)34-24-16-12-8-6-4-2/h19-22,27-30H,3-18,23-26H2,1-2H3/p+2. The fraction of sp³-hybridized carbons (Fsp3) is 0.688. The van der Waals surface area contributed by atoms with E-state index in [4.69, 9.17) is 0 Å². The molecule has 2 aromatic heterocycles. The fourth-order valence-electron chi connectivity index (χ4n) is 4.67. The van der Waals surface area contributed by atoms with E-state index >= 15 is 0 Å². The van der Waals surface area contributed by atoms with Gasteiger partial charge in [0.25, 0.3) is 0 Å². The summed E-state index contributed by atoms with van der Waals surface area (Å²) in [6.07, 6.45) is 30.2. The Kier molecular flexibility index (Phi) is 17.6. The van der Waals surface area contributed by atoms with Gasteiger partial charge in [0.15, 0.2) is 24.8 Å². The highest BCUT2D eigenvalue weighted by atomic mass is 14.9. The molecule has 36 heavy (non-hydrogen) atoms. The number of aromatic nitrogens is 2. The van der Waals surface area contributed by atoms with E-state index in [2.05, 4.69) is 82.7 Å². The van der Waals surface area contributed by atoms with Crippen LogP contribution in [0.4, 0.5) is 11.4 Å². The van der Waals surface area contributed by atoms with E-state index in [1.165, 1.54) is 114 Å². The van der Waals surface area contributed by atoms with Crippen LogP contribution in [0, 0.1) is 0 Å². The lowest BCUT2D eigenvalue weighted by Gasteiger charge is -2.06. The summed E-state index contributed by atoms with van der Waals surface area (Å²) in [5.74, 6) is 0. The molecule has 0 spiro atoms. The molecule has 0 aliphatic carbocycles. The van der Waals surface area contributed by atoms with Crippen molar-refractivity contribution in [1.82, 2.24) is 0 Å².